The number of thiazole rings is 1. The van der Waals surface area contributed by atoms with Crippen LogP contribution in [0.2, 0.25) is 0 Å². The Bertz CT molecular complexity index is 1480. The highest BCUT2D eigenvalue weighted by Crippen LogP contribution is 2.34. The molecule has 35 heavy (non-hydrogen) atoms. The van der Waals surface area contributed by atoms with Crippen molar-refractivity contribution in [3.63, 3.8) is 0 Å². The molecule has 1 N–H and O–H groups in total. The first-order chi connectivity index (χ1) is 16.8. The van der Waals surface area contributed by atoms with Gasteiger partial charge in [-0.05, 0) is 29.8 Å². The van der Waals surface area contributed by atoms with E-state index in [1.54, 1.807) is 37.3 Å². The molecule has 0 aliphatic carbocycles. The molecular weight excluding hydrogens is 548 g/mol. The van der Waals surface area contributed by atoms with Gasteiger partial charge in [0.05, 0.1) is 22.8 Å². The summed E-state index contributed by atoms with van der Waals surface area (Å²) in [6.07, 6.45) is 0.0419. The van der Waals surface area contributed by atoms with Crippen molar-refractivity contribution in [3.05, 3.63) is 99.3 Å². The third-order valence-corrected chi connectivity index (χ3v) is 8.68. The van der Waals surface area contributed by atoms with Crippen LogP contribution in [0, 0.1) is 0 Å². The molecule has 3 aromatic carbocycles. The fourth-order valence-corrected chi connectivity index (χ4v) is 5.72. The highest BCUT2D eigenvalue weighted by Gasteiger charge is 2.23. The molecule has 0 spiro atoms. The molecule has 0 aliphatic rings. The lowest BCUT2D eigenvalue weighted by atomic mass is 10.1. The van der Waals surface area contributed by atoms with E-state index in [1.807, 2.05) is 36.4 Å². The minimum atomic E-state index is -3.30. The molecule has 4 aromatic rings. The van der Waals surface area contributed by atoms with Crippen molar-refractivity contribution in [2.75, 3.05) is 11.1 Å². The van der Waals surface area contributed by atoms with Gasteiger partial charge in [-0.25, -0.2) is 13.4 Å². The lowest BCUT2D eigenvalue weighted by Crippen LogP contribution is -2.14. The van der Waals surface area contributed by atoms with Crippen LogP contribution in [0.1, 0.15) is 27.7 Å². The molecule has 0 fully saturated rings. The second-order valence-corrected chi connectivity index (χ2v) is 11.8. The Hall–Kier alpha value is -3.14. The highest BCUT2D eigenvalue weighted by molar-refractivity contribution is 9.10. The van der Waals surface area contributed by atoms with Crippen molar-refractivity contribution in [2.24, 2.45) is 0 Å². The number of hydrogen-bond donors (Lipinski definition) is 1. The van der Waals surface area contributed by atoms with Crippen LogP contribution in [0.3, 0.4) is 0 Å². The van der Waals surface area contributed by atoms with Gasteiger partial charge in [0.2, 0.25) is 11.7 Å². The number of carbonyl (C=O) groups is 2. The Balaban J connectivity index is 1.59. The summed E-state index contributed by atoms with van der Waals surface area (Å²) in [7, 11) is -3.30. The maximum Gasteiger partial charge on any atom is 0.230 e. The Kier molecular flexibility index (Phi) is 7.59. The highest BCUT2D eigenvalue weighted by atomic mass is 79.9. The Labute approximate surface area is 216 Å². The van der Waals surface area contributed by atoms with Gasteiger partial charge < -0.3 is 5.32 Å². The van der Waals surface area contributed by atoms with E-state index < -0.39 is 9.84 Å². The SMILES string of the molecule is CCS(=O)(=O)c1ccc(CC(=O)Nc2nc(-c3ccccc3)c(C(=O)c3ccccc3Br)s2)cc1. The Morgan fingerprint density at radius 2 is 1.60 bits per heavy atom. The zero-order valence-electron chi connectivity index (χ0n) is 18.7. The van der Waals surface area contributed by atoms with E-state index in [9.17, 15) is 18.0 Å². The number of ketones is 1. The van der Waals surface area contributed by atoms with E-state index in [0.29, 0.717) is 31.3 Å². The summed E-state index contributed by atoms with van der Waals surface area (Å²) < 4.78 is 24.7. The summed E-state index contributed by atoms with van der Waals surface area (Å²) in [6, 6.07) is 22.8. The summed E-state index contributed by atoms with van der Waals surface area (Å²) >= 11 is 4.56. The van der Waals surface area contributed by atoms with Gasteiger partial charge in [-0.3, -0.25) is 9.59 Å². The van der Waals surface area contributed by atoms with Crippen LogP contribution in [0.15, 0.2) is 88.2 Å². The summed E-state index contributed by atoms with van der Waals surface area (Å²) in [4.78, 5) is 31.3. The van der Waals surface area contributed by atoms with E-state index in [2.05, 4.69) is 26.2 Å². The van der Waals surface area contributed by atoms with Crippen molar-refractivity contribution in [1.82, 2.24) is 4.98 Å². The molecule has 4 rings (SSSR count). The fourth-order valence-electron chi connectivity index (χ4n) is 3.42. The van der Waals surface area contributed by atoms with Crippen LogP contribution >= 0.6 is 27.3 Å². The summed E-state index contributed by atoms with van der Waals surface area (Å²) in [5.74, 6) is -0.493. The number of amides is 1. The molecule has 0 aliphatic heterocycles. The van der Waals surface area contributed by atoms with Gasteiger partial charge in [0, 0.05) is 15.6 Å². The molecule has 1 aromatic heterocycles. The molecule has 0 atom stereocenters. The summed E-state index contributed by atoms with van der Waals surface area (Å²) in [5, 5.41) is 3.10. The van der Waals surface area contributed by atoms with Gasteiger partial charge in [-0.1, -0.05) is 88.8 Å². The van der Waals surface area contributed by atoms with E-state index >= 15 is 0 Å². The van der Waals surface area contributed by atoms with Crippen molar-refractivity contribution < 1.29 is 18.0 Å². The lowest BCUT2D eigenvalue weighted by Gasteiger charge is -2.04. The molecule has 0 saturated carbocycles. The molecule has 1 amide bonds. The number of halogens is 1. The van der Waals surface area contributed by atoms with E-state index in [-0.39, 0.29) is 28.8 Å². The van der Waals surface area contributed by atoms with Crippen LogP contribution in [0.4, 0.5) is 5.13 Å². The smallest absolute Gasteiger partial charge is 0.230 e. The van der Waals surface area contributed by atoms with Crippen molar-refractivity contribution >= 4 is 53.9 Å². The molecule has 0 saturated heterocycles. The first-order valence-corrected chi connectivity index (χ1v) is 14.0. The van der Waals surface area contributed by atoms with Gasteiger partial charge in [0.25, 0.3) is 0 Å². The number of carbonyl (C=O) groups excluding carboxylic acids is 2. The summed E-state index contributed by atoms with van der Waals surface area (Å²) in [6.45, 7) is 1.59. The monoisotopic (exact) mass is 568 g/mol. The standard InChI is InChI=1S/C26H21BrN2O4S2/c1-2-35(32,33)19-14-12-17(13-15-19)16-22(30)28-26-29-23(18-8-4-3-5-9-18)25(34-26)24(31)20-10-6-7-11-21(20)27/h3-15H,2,16H2,1H3,(H,28,29,30). The molecule has 1 heterocycles. The van der Waals surface area contributed by atoms with E-state index in [1.165, 1.54) is 12.1 Å². The zero-order valence-corrected chi connectivity index (χ0v) is 21.9. The second kappa shape index (κ2) is 10.6. The number of nitrogens with one attached hydrogen (secondary N) is 1. The van der Waals surface area contributed by atoms with Crippen LogP contribution in [-0.2, 0) is 21.1 Å². The fraction of sp³-hybridized carbons (Fsp3) is 0.115. The van der Waals surface area contributed by atoms with Crippen molar-refractivity contribution in [2.45, 2.75) is 18.2 Å². The molecule has 0 bridgehead atoms. The maximum atomic E-state index is 13.4. The topological polar surface area (TPSA) is 93.2 Å². The molecule has 6 nitrogen and oxygen atoms in total. The van der Waals surface area contributed by atoms with Crippen LogP contribution < -0.4 is 5.32 Å². The number of nitrogens with zero attached hydrogens (tertiary/aromatic N) is 1. The van der Waals surface area contributed by atoms with Crippen molar-refractivity contribution in [3.8, 4) is 11.3 Å². The van der Waals surface area contributed by atoms with Gasteiger partial charge >= 0.3 is 0 Å². The van der Waals surface area contributed by atoms with Crippen molar-refractivity contribution in [1.29, 1.82) is 0 Å². The second-order valence-electron chi connectivity index (χ2n) is 7.64. The number of hydrogen-bond acceptors (Lipinski definition) is 6. The predicted molar refractivity (Wildman–Crippen MR) is 142 cm³/mol. The van der Waals surface area contributed by atoms with Crippen LogP contribution in [-0.4, -0.2) is 30.8 Å². The summed E-state index contributed by atoms with van der Waals surface area (Å²) in [5.41, 5.74) is 2.45. The van der Waals surface area contributed by atoms with Crippen LogP contribution in [0.25, 0.3) is 11.3 Å². The van der Waals surface area contributed by atoms with E-state index in [0.717, 1.165) is 16.9 Å². The molecule has 9 heteroatoms. The third-order valence-electron chi connectivity index (χ3n) is 5.27. The number of anilines is 1. The largest absolute Gasteiger partial charge is 0.302 e. The number of aromatic nitrogens is 1. The third kappa shape index (κ3) is 5.75. The Morgan fingerprint density at radius 3 is 2.26 bits per heavy atom. The number of benzene rings is 3. The first-order valence-electron chi connectivity index (χ1n) is 10.8. The normalized spacial score (nSPS) is 11.3. The zero-order chi connectivity index (χ0) is 25.0. The number of rotatable bonds is 8. The molecule has 0 unspecified atom stereocenters. The predicted octanol–water partition coefficient (Wildman–Crippen LogP) is 5.78. The van der Waals surface area contributed by atoms with Gasteiger partial charge in [0.15, 0.2) is 15.0 Å². The molecule has 178 valence electrons. The quantitative estimate of drug-likeness (QED) is 0.272. The van der Waals surface area contributed by atoms with Crippen LogP contribution in [0.5, 0.6) is 0 Å². The first kappa shape index (κ1) is 25.0. The average Bonchev–Trinajstić information content (AvgIpc) is 3.28. The maximum absolute atomic E-state index is 13.4. The molecular formula is C26H21BrN2O4S2. The average molecular weight is 570 g/mol. The van der Waals surface area contributed by atoms with Gasteiger partial charge in [-0.2, -0.15) is 0 Å². The minimum Gasteiger partial charge on any atom is -0.302 e. The van der Waals surface area contributed by atoms with Gasteiger partial charge in [0.1, 0.15) is 4.88 Å². The van der Waals surface area contributed by atoms with E-state index in [4.69, 9.17) is 0 Å². The number of sulfone groups is 1. The minimum absolute atomic E-state index is 0.0151. The lowest BCUT2D eigenvalue weighted by molar-refractivity contribution is -0.115. The molecule has 0 radical (unpaired) electrons. The van der Waals surface area contributed by atoms with Gasteiger partial charge in [-0.15, -0.1) is 0 Å². The Morgan fingerprint density at radius 1 is 0.943 bits per heavy atom.